The first kappa shape index (κ1) is 22.0. The van der Waals surface area contributed by atoms with Crippen molar-refractivity contribution >= 4 is 34.8 Å². The average Bonchev–Trinajstić information content (AvgIpc) is 2.74. The molecular formula is C23H27ClN2O4. The third kappa shape index (κ3) is 5.45. The number of fused-ring (bicyclic) bond motifs is 1. The van der Waals surface area contributed by atoms with E-state index < -0.39 is 0 Å². The van der Waals surface area contributed by atoms with Crippen molar-refractivity contribution in [1.82, 2.24) is 0 Å². The van der Waals surface area contributed by atoms with Crippen LogP contribution in [0.5, 0.6) is 11.5 Å². The lowest BCUT2D eigenvalue weighted by atomic mass is 10.0. The summed E-state index contributed by atoms with van der Waals surface area (Å²) in [6.45, 7) is 4.96. The van der Waals surface area contributed by atoms with E-state index in [0.29, 0.717) is 41.7 Å². The number of hydrogen-bond donors (Lipinski definition) is 1. The number of halogens is 1. The van der Waals surface area contributed by atoms with Crippen molar-refractivity contribution in [3.05, 3.63) is 47.5 Å². The summed E-state index contributed by atoms with van der Waals surface area (Å²) in [5.74, 6) is 1.22. The van der Waals surface area contributed by atoms with Crippen LogP contribution in [-0.4, -0.2) is 31.6 Å². The van der Waals surface area contributed by atoms with Crippen molar-refractivity contribution in [3.63, 3.8) is 0 Å². The third-order valence-electron chi connectivity index (χ3n) is 5.13. The quantitative estimate of drug-likeness (QED) is 0.574. The molecule has 1 heterocycles. The number of benzene rings is 2. The van der Waals surface area contributed by atoms with Gasteiger partial charge in [0.15, 0.2) is 6.61 Å². The lowest BCUT2D eigenvalue weighted by molar-refractivity contribution is -0.121. The summed E-state index contributed by atoms with van der Waals surface area (Å²) in [7, 11) is 0. The SMILES string of the molecule is CCC(CC)C(=O)Nc1ccc2c(c1)N(CCCOc1ccc(Cl)cc1)C(=O)CO2. The second kappa shape index (κ2) is 10.3. The molecule has 0 aromatic heterocycles. The molecule has 0 radical (unpaired) electrons. The zero-order chi connectivity index (χ0) is 21.5. The van der Waals surface area contributed by atoms with Gasteiger partial charge in [0.05, 0.1) is 12.3 Å². The summed E-state index contributed by atoms with van der Waals surface area (Å²) in [4.78, 5) is 26.6. The van der Waals surface area contributed by atoms with E-state index in [2.05, 4.69) is 5.32 Å². The summed E-state index contributed by atoms with van der Waals surface area (Å²) >= 11 is 5.88. The van der Waals surface area contributed by atoms with Crippen molar-refractivity contribution in [2.75, 3.05) is 30.0 Å². The Hall–Kier alpha value is -2.73. The van der Waals surface area contributed by atoms with Crippen LogP contribution < -0.4 is 19.7 Å². The van der Waals surface area contributed by atoms with E-state index >= 15 is 0 Å². The largest absolute Gasteiger partial charge is 0.494 e. The summed E-state index contributed by atoms with van der Waals surface area (Å²) in [6.07, 6.45) is 2.22. The Morgan fingerprint density at radius 3 is 2.63 bits per heavy atom. The highest BCUT2D eigenvalue weighted by atomic mass is 35.5. The van der Waals surface area contributed by atoms with Gasteiger partial charge in [-0.2, -0.15) is 0 Å². The number of carbonyl (C=O) groups is 2. The molecule has 0 fully saturated rings. The van der Waals surface area contributed by atoms with Crippen LogP contribution >= 0.6 is 11.6 Å². The minimum Gasteiger partial charge on any atom is -0.494 e. The number of nitrogens with zero attached hydrogens (tertiary/aromatic N) is 1. The molecule has 1 aliphatic heterocycles. The highest BCUT2D eigenvalue weighted by Gasteiger charge is 2.26. The molecule has 0 unspecified atom stereocenters. The van der Waals surface area contributed by atoms with Crippen LogP contribution in [0, 0.1) is 5.92 Å². The predicted molar refractivity (Wildman–Crippen MR) is 119 cm³/mol. The Balaban J connectivity index is 1.64. The maximum Gasteiger partial charge on any atom is 0.265 e. The molecule has 160 valence electrons. The normalized spacial score (nSPS) is 13.1. The molecule has 3 rings (SSSR count). The Kier molecular flexibility index (Phi) is 7.57. The first-order chi connectivity index (χ1) is 14.5. The van der Waals surface area contributed by atoms with Gasteiger partial charge in [-0.3, -0.25) is 9.59 Å². The Morgan fingerprint density at radius 1 is 1.20 bits per heavy atom. The van der Waals surface area contributed by atoms with Crippen molar-refractivity contribution in [2.24, 2.45) is 5.92 Å². The van der Waals surface area contributed by atoms with Gasteiger partial charge in [0.1, 0.15) is 11.5 Å². The van der Waals surface area contributed by atoms with E-state index in [9.17, 15) is 9.59 Å². The molecule has 0 aliphatic carbocycles. The predicted octanol–water partition coefficient (Wildman–Crippen LogP) is 4.91. The lowest BCUT2D eigenvalue weighted by Gasteiger charge is -2.30. The molecule has 0 saturated heterocycles. The van der Waals surface area contributed by atoms with Gasteiger partial charge >= 0.3 is 0 Å². The summed E-state index contributed by atoms with van der Waals surface area (Å²) in [5, 5.41) is 3.61. The van der Waals surface area contributed by atoms with E-state index in [4.69, 9.17) is 21.1 Å². The minimum absolute atomic E-state index is 0.00446. The number of amides is 2. The number of rotatable bonds is 9. The van der Waals surface area contributed by atoms with E-state index in [1.807, 2.05) is 26.0 Å². The van der Waals surface area contributed by atoms with Gasteiger partial charge in [0, 0.05) is 23.2 Å². The van der Waals surface area contributed by atoms with Crippen molar-refractivity contribution in [2.45, 2.75) is 33.1 Å². The van der Waals surface area contributed by atoms with Gasteiger partial charge in [0.25, 0.3) is 5.91 Å². The molecule has 7 heteroatoms. The Morgan fingerprint density at radius 2 is 1.93 bits per heavy atom. The fraction of sp³-hybridized carbons (Fsp3) is 0.391. The molecule has 1 aliphatic rings. The van der Waals surface area contributed by atoms with E-state index in [1.165, 1.54) is 0 Å². The summed E-state index contributed by atoms with van der Waals surface area (Å²) in [6, 6.07) is 12.6. The van der Waals surface area contributed by atoms with Crippen molar-refractivity contribution in [1.29, 1.82) is 0 Å². The zero-order valence-corrected chi connectivity index (χ0v) is 18.1. The molecular weight excluding hydrogens is 404 g/mol. The maximum absolute atomic E-state index is 12.5. The number of anilines is 2. The molecule has 2 aromatic rings. The van der Waals surface area contributed by atoms with Crippen molar-refractivity contribution < 1.29 is 19.1 Å². The molecule has 0 spiro atoms. The second-order valence-corrected chi connectivity index (χ2v) is 7.61. The summed E-state index contributed by atoms with van der Waals surface area (Å²) in [5.41, 5.74) is 1.33. The van der Waals surface area contributed by atoms with Gasteiger partial charge in [0.2, 0.25) is 5.91 Å². The van der Waals surface area contributed by atoms with Gasteiger partial charge < -0.3 is 19.7 Å². The van der Waals surface area contributed by atoms with Crippen LogP contribution in [0.15, 0.2) is 42.5 Å². The first-order valence-electron chi connectivity index (χ1n) is 10.3. The number of nitrogens with one attached hydrogen (secondary N) is 1. The third-order valence-corrected chi connectivity index (χ3v) is 5.39. The van der Waals surface area contributed by atoms with Gasteiger partial charge in [-0.25, -0.2) is 0 Å². The topological polar surface area (TPSA) is 67.9 Å². The van der Waals surface area contributed by atoms with Crippen molar-refractivity contribution in [3.8, 4) is 11.5 Å². The van der Waals surface area contributed by atoms with Crippen LogP contribution in [0.3, 0.4) is 0 Å². The van der Waals surface area contributed by atoms with Crippen LogP contribution in [0.4, 0.5) is 11.4 Å². The Bertz CT molecular complexity index is 881. The maximum atomic E-state index is 12.5. The highest BCUT2D eigenvalue weighted by Crippen LogP contribution is 2.35. The van der Waals surface area contributed by atoms with Crippen LogP contribution in [0.2, 0.25) is 5.02 Å². The minimum atomic E-state index is -0.113. The standard InChI is InChI=1S/C23H27ClN2O4/c1-3-16(4-2)23(28)25-18-8-11-21-20(14-18)26(22(27)15-30-21)12-5-13-29-19-9-6-17(24)7-10-19/h6-11,14,16H,3-5,12-13,15H2,1-2H3,(H,25,28). The van der Waals surface area contributed by atoms with Gasteiger partial charge in [-0.1, -0.05) is 25.4 Å². The van der Waals surface area contributed by atoms with Gasteiger partial charge in [-0.15, -0.1) is 0 Å². The van der Waals surface area contributed by atoms with Gasteiger partial charge in [-0.05, 0) is 61.7 Å². The molecule has 1 N–H and O–H groups in total. The van der Waals surface area contributed by atoms with Crippen LogP contribution in [0.25, 0.3) is 0 Å². The Labute approximate surface area is 182 Å². The lowest BCUT2D eigenvalue weighted by Crippen LogP contribution is -2.40. The van der Waals surface area contributed by atoms with Crippen LogP contribution in [-0.2, 0) is 9.59 Å². The fourth-order valence-corrected chi connectivity index (χ4v) is 3.50. The number of hydrogen-bond acceptors (Lipinski definition) is 4. The monoisotopic (exact) mass is 430 g/mol. The number of ether oxygens (including phenoxy) is 2. The van der Waals surface area contributed by atoms with E-state index in [-0.39, 0.29) is 24.3 Å². The average molecular weight is 431 g/mol. The highest BCUT2D eigenvalue weighted by molar-refractivity contribution is 6.30. The molecule has 2 aromatic carbocycles. The zero-order valence-electron chi connectivity index (χ0n) is 17.3. The molecule has 0 saturated carbocycles. The van der Waals surface area contributed by atoms with E-state index in [1.54, 1.807) is 35.2 Å². The molecule has 0 bridgehead atoms. The first-order valence-corrected chi connectivity index (χ1v) is 10.7. The molecule has 0 atom stereocenters. The van der Waals surface area contributed by atoms with Crippen LogP contribution in [0.1, 0.15) is 33.1 Å². The molecule has 6 nitrogen and oxygen atoms in total. The second-order valence-electron chi connectivity index (χ2n) is 7.18. The summed E-state index contributed by atoms with van der Waals surface area (Å²) < 4.78 is 11.3. The van der Waals surface area contributed by atoms with E-state index in [0.717, 1.165) is 18.6 Å². The molecule has 2 amide bonds. The fourth-order valence-electron chi connectivity index (χ4n) is 3.37. The number of carbonyl (C=O) groups excluding carboxylic acids is 2. The molecule has 30 heavy (non-hydrogen) atoms. The smallest absolute Gasteiger partial charge is 0.265 e.